The Labute approximate surface area is 276 Å². The highest BCUT2D eigenvalue weighted by molar-refractivity contribution is 7.99. The number of fused-ring (bicyclic) bond motifs is 4. The number of aromatic nitrogens is 2. The first-order valence-electron chi connectivity index (χ1n) is 15.6. The minimum Gasteiger partial charge on any atom is -0.294 e. The maximum atomic E-state index is 6.45. The van der Waals surface area contributed by atoms with Crippen LogP contribution < -0.4 is 10.1 Å². The van der Waals surface area contributed by atoms with E-state index in [-0.39, 0.29) is 0 Å². The molecule has 0 amide bonds. The molecule has 1 aliphatic rings. The third-order valence-electron chi connectivity index (χ3n) is 8.49. The van der Waals surface area contributed by atoms with Gasteiger partial charge in [0.2, 0.25) is 0 Å². The fourth-order valence-electron chi connectivity index (χ4n) is 6.33. The second kappa shape index (κ2) is 11.5. The van der Waals surface area contributed by atoms with Gasteiger partial charge >= 0.3 is 0 Å². The van der Waals surface area contributed by atoms with E-state index in [9.17, 15) is 0 Å². The summed E-state index contributed by atoms with van der Waals surface area (Å²) in [5.41, 5.74) is 8.50. The Morgan fingerprint density at radius 2 is 1.13 bits per heavy atom. The van der Waals surface area contributed by atoms with E-state index in [1.165, 1.54) is 16.3 Å². The number of para-hydroxylation sites is 4. The van der Waals surface area contributed by atoms with Gasteiger partial charge in [0.15, 0.2) is 0 Å². The predicted molar refractivity (Wildman–Crippen MR) is 193 cm³/mol. The molecule has 0 aliphatic carbocycles. The second-order valence-corrected chi connectivity index (χ2v) is 12.5. The molecule has 0 radical (unpaired) electrons. The number of anilines is 4. The van der Waals surface area contributed by atoms with Crippen LogP contribution in [0, 0.1) is 0 Å². The van der Waals surface area contributed by atoms with Gasteiger partial charge in [-0.15, -0.1) is 4.94 Å². The Morgan fingerprint density at radius 3 is 1.96 bits per heavy atom. The van der Waals surface area contributed by atoms with E-state index < -0.39 is 0 Å². The molecule has 0 atom stereocenters. The summed E-state index contributed by atoms with van der Waals surface area (Å²) in [5, 5.41) is 6.19. The fourth-order valence-corrected chi connectivity index (χ4v) is 7.24. The van der Waals surface area contributed by atoms with Gasteiger partial charge in [0.25, 0.3) is 0 Å². The first-order chi connectivity index (χ1) is 23.3. The standard InChI is InChI=1S/C41H28N4OS/c1-3-12-29(13-4-1)30-24-25-42-41(26-30)43-37-19-8-7-18-35(37)36-23-22-34(28-40(36)43)47-33-17-11-16-32(27-33)45-39-21-10-9-20-38(39)44(46-45)31-14-5-2-6-15-31/h1-28H. The zero-order valence-corrected chi connectivity index (χ0v) is 26.1. The summed E-state index contributed by atoms with van der Waals surface area (Å²) in [6.07, 6.45) is 1.90. The van der Waals surface area contributed by atoms with Crippen LogP contribution in [0.2, 0.25) is 0 Å². The van der Waals surface area contributed by atoms with Crippen molar-refractivity contribution in [2.45, 2.75) is 9.79 Å². The molecule has 3 heterocycles. The lowest BCUT2D eigenvalue weighted by atomic mass is 10.1. The van der Waals surface area contributed by atoms with E-state index >= 15 is 0 Å². The molecule has 9 rings (SSSR count). The van der Waals surface area contributed by atoms with Crippen LogP contribution in [-0.4, -0.2) is 9.55 Å². The molecule has 1 aliphatic heterocycles. The lowest BCUT2D eigenvalue weighted by Crippen LogP contribution is -2.20. The third-order valence-corrected chi connectivity index (χ3v) is 9.47. The van der Waals surface area contributed by atoms with Gasteiger partial charge < -0.3 is 0 Å². The molecular weight excluding hydrogens is 597 g/mol. The number of nitrogens with zero attached hydrogens (tertiary/aromatic N) is 4. The molecule has 5 nitrogen and oxygen atoms in total. The van der Waals surface area contributed by atoms with E-state index in [0.29, 0.717) is 0 Å². The van der Waals surface area contributed by atoms with Crippen molar-refractivity contribution >= 4 is 56.3 Å². The number of hydrogen-bond donors (Lipinski definition) is 0. The molecule has 0 N–H and O–H groups in total. The SMILES string of the molecule is c1ccc(-c2ccnc(-n3c4ccccc4c4ccc(Sc5cccc(N6ON(c7ccccc7)c7ccccc76)c5)cc43)c2)cc1. The molecule has 0 saturated heterocycles. The third kappa shape index (κ3) is 4.91. The molecule has 6 aromatic carbocycles. The molecule has 0 unspecified atom stereocenters. The van der Waals surface area contributed by atoms with Crippen LogP contribution in [0.4, 0.5) is 22.7 Å². The summed E-state index contributed by atoms with van der Waals surface area (Å²) in [6.45, 7) is 0. The van der Waals surface area contributed by atoms with Crippen molar-refractivity contribution in [2.75, 3.05) is 10.1 Å². The van der Waals surface area contributed by atoms with E-state index in [0.717, 1.165) is 55.0 Å². The van der Waals surface area contributed by atoms with Crippen molar-refractivity contribution < 1.29 is 4.94 Å². The maximum Gasteiger partial charge on any atom is 0.138 e. The average molecular weight is 625 g/mol. The Hall–Kier alpha value is -5.82. The summed E-state index contributed by atoms with van der Waals surface area (Å²) in [6, 6.07) is 56.9. The Balaban J connectivity index is 1.09. The maximum absolute atomic E-state index is 6.45. The van der Waals surface area contributed by atoms with Gasteiger partial charge in [-0.25, -0.2) is 4.98 Å². The molecule has 47 heavy (non-hydrogen) atoms. The fraction of sp³-hybridized carbons (Fsp3) is 0. The highest BCUT2D eigenvalue weighted by Gasteiger charge is 2.30. The van der Waals surface area contributed by atoms with E-state index in [4.69, 9.17) is 9.92 Å². The lowest BCUT2D eigenvalue weighted by Gasteiger charge is -2.20. The molecule has 224 valence electrons. The normalized spacial score (nSPS) is 12.6. The van der Waals surface area contributed by atoms with E-state index in [1.54, 1.807) is 11.8 Å². The van der Waals surface area contributed by atoms with Crippen molar-refractivity contribution in [2.24, 2.45) is 0 Å². The van der Waals surface area contributed by atoms with Crippen molar-refractivity contribution in [3.8, 4) is 16.9 Å². The van der Waals surface area contributed by atoms with Gasteiger partial charge in [-0.1, -0.05) is 103 Å². The highest BCUT2D eigenvalue weighted by atomic mass is 32.2. The van der Waals surface area contributed by atoms with Crippen LogP contribution in [0.15, 0.2) is 180 Å². The molecule has 6 heteroatoms. The first-order valence-corrected chi connectivity index (χ1v) is 16.4. The quantitative estimate of drug-likeness (QED) is 0.184. The van der Waals surface area contributed by atoms with Gasteiger partial charge in [0.05, 0.1) is 33.8 Å². The van der Waals surface area contributed by atoms with Crippen LogP contribution in [0.25, 0.3) is 38.8 Å². The van der Waals surface area contributed by atoms with Gasteiger partial charge in [0.1, 0.15) is 5.82 Å². The van der Waals surface area contributed by atoms with Gasteiger partial charge in [-0.3, -0.25) is 4.57 Å². The number of hydrogen-bond acceptors (Lipinski definition) is 5. The average Bonchev–Trinajstić information content (AvgIpc) is 3.69. The summed E-state index contributed by atoms with van der Waals surface area (Å²) in [7, 11) is 0. The largest absolute Gasteiger partial charge is 0.294 e. The van der Waals surface area contributed by atoms with E-state index in [2.05, 4.69) is 132 Å². The molecular formula is C41H28N4OS. The van der Waals surface area contributed by atoms with Crippen LogP contribution in [-0.2, 0) is 4.94 Å². The van der Waals surface area contributed by atoms with Crippen LogP contribution in [0.3, 0.4) is 0 Å². The summed E-state index contributed by atoms with van der Waals surface area (Å²) < 4.78 is 2.28. The highest BCUT2D eigenvalue weighted by Crippen LogP contribution is 2.46. The molecule has 2 aromatic heterocycles. The zero-order valence-electron chi connectivity index (χ0n) is 25.3. The molecule has 0 fully saturated rings. The number of pyridine rings is 1. The van der Waals surface area contributed by atoms with Crippen molar-refractivity contribution in [1.82, 2.24) is 9.55 Å². The molecule has 0 bridgehead atoms. The van der Waals surface area contributed by atoms with Crippen LogP contribution >= 0.6 is 11.8 Å². The topological polar surface area (TPSA) is 33.5 Å². The predicted octanol–water partition coefficient (Wildman–Crippen LogP) is 11.1. The first kappa shape index (κ1) is 27.5. The Morgan fingerprint density at radius 1 is 0.468 bits per heavy atom. The van der Waals surface area contributed by atoms with E-state index in [1.807, 2.05) is 52.7 Å². The van der Waals surface area contributed by atoms with Crippen molar-refractivity contribution in [3.63, 3.8) is 0 Å². The zero-order chi connectivity index (χ0) is 31.2. The Kier molecular flexibility index (Phi) is 6.74. The van der Waals surface area contributed by atoms with Crippen LogP contribution in [0.1, 0.15) is 0 Å². The summed E-state index contributed by atoms with van der Waals surface area (Å²) in [4.78, 5) is 13.6. The number of rotatable bonds is 6. The number of benzene rings is 6. The van der Waals surface area contributed by atoms with Crippen LogP contribution in [0.5, 0.6) is 0 Å². The summed E-state index contributed by atoms with van der Waals surface area (Å²) >= 11 is 1.74. The summed E-state index contributed by atoms with van der Waals surface area (Å²) in [5.74, 6) is 0.898. The lowest BCUT2D eigenvalue weighted by molar-refractivity contribution is 0.156. The molecule has 0 saturated carbocycles. The van der Waals surface area contributed by atoms with Crippen molar-refractivity contribution in [3.05, 3.63) is 170 Å². The minimum absolute atomic E-state index is 0.898. The minimum atomic E-state index is 0.898. The Bertz CT molecular complexity index is 2390. The monoisotopic (exact) mass is 624 g/mol. The second-order valence-electron chi connectivity index (χ2n) is 11.4. The smallest absolute Gasteiger partial charge is 0.138 e. The van der Waals surface area contributed by atoms with Gasteiger partial charge in [-0.05, 0) is 83.9 Å². The molecule has 0 spiro atoms. The van der Waals surface area contributed by atoms with Gasteiger partial charge in [0, 0.05) is 26.8 Å². The van der Waals surface area contributed by atoms with Gasteiger partial charge in [-0.2, -0.15) is 10.1 Å². The van der Waals surface area contributed by atoms with Crippen molar-refractivity contribution in [1.29, 1.82) is 0 Å². The molecule has 8 aromatic rings.